The van der Waals surface area contributed by atoms with E-state index in [1.54, 1.807) is 6.07 Å². The monoisotopic (exact) mass is 307 g/mol. The number of thioether (sulfide) groups is 1. The van der Waals surface area contributed by atoms with Gasteiger partial charge in [0.1, 0.15) is 5.82 Å². The number of hydrogen-bond acceptors (Lipinski definition) is 3. The fourth-order valence-electron chi connectivity index (χ4n) is 2.57. The van der Waals surface area contributed by atoms with Gasteiger partial charge >= 0.3 is 0 Å². The van der Waals surface area contributed by atoms with Gasteiger partial charge in [0, 0.05) is 21.5 Å². The molecule has 2 aromatic rings. The van der Waals surface area contributed by atoms with Gasteiger partial charge < -0.3 is 5.32 Å². The van der Waals surface area contributed by atoms with E-state index in [-0.39, 0.29) is 11.9 Å². The van der Waals surface area contributed by atoms with Crippen molar-refractivity contribution in [2.75, 3.05) is 12.8 Å². The highest BCUT2D eigenvalue weighted by Gasteiger charge is 2.19. The van der Waals surface area contributed by atoms with Crippen LogP contribution in [0.1, 0.15) is 26.9 Å². The Kier molecular flexibility index (Phi) is 4.44. The summed E-state index contributed by atoms with van der Waals surface area (Å²) < 4.78 is 13.8. The van der Waals surface area contributed by atoms with Gasteiger partial charge in [-0.2, -0.15) is 11.8 Å². The van der Waals surface area contributed by atoms with Crippen molar-refractivity contribution in [3.05, 3.63) is 57.0 Å². The molecule has 0 fully saturated rings. The molecule has 1 nitrogen and oxygen atoms in total. The minimum atomic E-state index is -0.107. The van der Waals surface area contributed by atoms with Gasteiger partial charge in [-0.3, -0.25) is 0 Å². The van der Waals surface area contributed by atoms with E-state index < -0.39 is 0 Å². The van der Waals surface area contributed by atoms with Crippen molar-refractivity contribution in [2.45, 2.75) is 24.6 Å². The molecule has 0 amide bonds. The second kappa shape index (κ2) is 6.29. The standard InChI is InChI=1S/C16H18FNS2/c1-18-14(8-11-4-2-3-5-13(11)17)16-9-12-10-19-7-6-15(12)20-16/h2-5,9,14,18H,6-8,10H2,1H3. The number of nitrogens with one attached hydrogen (secondary N) is 1. The Hall–Kier alpha value is -0.840. The van der Waals surface area contributed by atoms with Crippen LogP contribution in [-0.4, -0.2) is 12.8 Å². The van der Waals surface area contributed by atoms with Gasteiger partial charge in [-0.15, -0.1) is 11.3 Å². The zero-order valence-electron chi connectivity index (χ0n) is 11.5. The largest absolute Gasteiger partial charge is 0.312 e. The molecule has 1 atom stereocenters. The Morgan fingerprint density at radius 2 is 2.20 bits per heavy atom. The average molecular weight is 307 g/mol. The molecule has 1 N–H and O–H groups in total. The lowest BCUT2D eigenvalue weighted by molar-refractivity contribution is 0.560. The van der Waals surface area contributed by atoms with Crippen molar-refractivity contribution >= 4 is 23.1 Å². The van der Waals surface area contributed by atoms with Gasteiger partial charge in [0.2, 0.25) is 0 Å². The van der Waals surface area contributed by atoms with Crippen molar-refractivity contribution in [1.29, 1.82) is 0 Å². The zero-order chi connectivity index (χ0) is 13.9. The minimum absolute atomic E-state index is 0.107. The van der Waals surface area contributed by atoms with Crippen molar-refractivity contribution in [1.82, 2.24) is 5.32 Å². The molecule has 20 heavy (non-hydrogen) atoms. The molecule has 1 unspecified atom stereocenters. The molecule has 0 saturated carbocycles. The van der Waals surface area contributed by atoms with Crippen LogP contribution in [0.15, 0.2) is 30.3 Å². The fourth-order valence-corrected chi connectivity index (χ4v) is 5.06. The first-order valence-corrected chi connectivity index (χ1v) is 8.85. The van der Waals surface area contributed by atoms with Gasteiger partial charge in [0.05, 0.1) is 0 Å². The highest BCUT2D eigenvalue weighted by Crippen LogP contribution is 2.35. The van der Waals surface area contributed by atoms with Gasteiger partial charge in [-0.1, -0.05) is 18.2 Å². The Bertz CT molecular complexity index is 570. The lowest BCUT2D eigenvalue weighted by atomic mass is 10.0. The summed E-state index contributed by atoms with van der Waals surface area (Å²) in [5.41, 5.74) is 2.27. The van der Waals surface area contributed by atoms with Gasteiger partial charge in [-0.05, 0) is 48.9 Å². The van der Waals surface area contributed by atoms with Crippen LogP contribution in [0.3, 0.4) is 0 Å². The average Bonchev–Trinajstić information content (AvgIpc) is 2.90. The van der Waals surface area contributed by atoms with E-state index in [1.807, 2.05) is 42.3 Å². The topological polar surface area (TPSA) is 12.0 Å². The molecular formula is C16H18FNS2. The van der Waals surface area contributed by atoms with Gasteiger partial charge in [0.25, 0.3) is 0 Å². The summed E-state index contributed by atoms with van der Waals surface area (Å²) in [6, 6.07) is 9.58. The number of rotatable bonds is 4. The maximum Gasteiger partial charge on any atom is 0.126 e. The Morgan fingerprint density at radius 1 is 1.35 bits per heavy atom. The smallest absolute Gasteiger partial charge is 0.126 e. The maximum atomic E-state index is 13.8. The van der Waals surface area contributed by atoms with Crippen LogP contribution in [0.25, 0.3) is 0 Å². The number of likely N-dealkylation sites (N-methyl/N-ethyl adjacent to an activating group) is 1. The lowest BCUT2D eigenvalue weighted by Crippen LogP contribution is -2.18. The van der Waals surface area contributed by atoms with E-state index in [4.69, 9.17) is 0 Å². The van der Waals surface area contributed by atoms with Crippen molar-refractivity contribution in [3.63, 3.8) is 0 Å². The van der Waals surface area contributed by atoms with Crippen LogP contribution in [0.2, 0.25) is 0 Å². The van der Waals surface area contributed by atoms with Crippen LogP contribution in [0.5, 0.6) is 0 Å². The predicted octanol–water partition coefficient (Wildman–Crippen LogP) is 4.18. The van der Waals surface area contributed by atoms with Gasteiger partial charge in [0.15, 0.2) is 0 Å². The number of halogens is 1. The van der Waals surface area contributed by atoms with Crippen LogP contribution in [0, 0.1) is 5.82 Å². The molecule has 3 rings (SSSR count). The first-order valence-electron chi connectivity index (χ1n) is 6.88. The first kappa shape index (κ1) is 14.1. The normalized spacial score (nSPS) is 15.9. The van der Waals surface area contributed by atoms with E-state index in [0.717, 1.165) is 11.3 Å². The summed E-state index contributed by atoms with van der Waals surface area (Å²) >= 11 is 3.90. The minimum Gasteiger partial charge on any atom is -0.312 e. The third kappa shape index (κ3) is 2.92. The molecule has 0 aliphatic carbocycles. The molecule has 1 aromatic heterocycles. The molecule has 0 radical (unpaired) electrons. The molecule has 2 heterocycles. The number of thiophene rings is 1. The first-order chi connectivity index (χ1) is 9.78. The molecule has 1 aliphatic heterocycles. The van der Waals surface area contributed by atoms with E-state index in [2.05, 4.69) is 11.4 Å². The molecule has 0 saturated heterocycles. The zero-order valence-corrected chi connectivity index (χ0v) is 13.1. The molecule has 1 aromatic carbocycles. The van der Waals surface area contributed by atoms with E-state index in [1.165, 1.54) is 33.6 Å². The molecule has 0 spiro atoms. The molecule has 106 valence electrons. The van der Waals surface area contributed by atoms with Gasteiger partial charge in [-0.25, -0.2) is 4.39 Å². The fraction of sp³-hybridized carbons (Fsp3) is 0.375. The number of aryl methyl sites for hydroxylation is 1. The van der Waals surface area contributed by atoms with Crippen LogP contribution < -0.4 is 5.32 Å². The van der Waals surface area contributed by atoms with Crippen molar-refractivity contribution < 1.29 is 4.39 Å². The lowest BCUT2D eigenvalue weighted by Gasteiger charge is -2.15. The Labute approximate surface area is 127 Å². The second-order valence-corrected chi connectivity index (χ2v) is 7.31. The highest BCUT2D eigenvalue weighted by atomic mass is 32.2. The maximum absolute atomic E-state index is 13.8. The summed E-state index contributed by atoms with van der Waals surface area (Å²) in [7, 11) is 1.96. The second-order valence-electron chi connectivity index (χ2n) is 5.04. The summed E-state index contributed by atoms with van der Waals surface area (Å²) in [5, 5.41) is 3.34. The number of benzene rings is 1. The van der Waals surface area contributed by atoms with Crippen LogP contribution >= 0.6 is 23.1 Å². The SMILES string of the molecule is CNC(Cc1ccccc1F)c1cc2c(s1)CCSC2. The number of fused-ring (bicyclic) bond motifs is 1. The molecule has 1 aliphatic rings. The van der Waals surface area contributed by atoms with E-state index in [9.17, 15) is 4.39 Å². The van der Waals surface area contributed by atoms with Crippen LogP contribution in [-0.2, 0) is 18.6 Å². The van der Waals surface area contributed by atoms with Crippen molar-refractivity contribution in [2.24, 2.45) is 0 Å². The Morgan fingerprint density at radius 3 is 2.95 bits per heavy atom. The third-order valence-electron chi connectivity index (χ3n) is 3.72. The van der Waals surface area contributed by atoms with E-state index >= 15 is 0 Å². The molecule has 4 heteroatoms. The van der Waals surface area contributed by atoms with Crippen molar-refractivity contribution in [3.8, 4) is 0 Å². The number of hydrogen-bond donors (Lipinski definition) is 1. The highest BCUT2D eigenvalue weighted by molar-refractivity contribution is 7.98. The van der Waals surface area contributed by atoms with Crippen LogP contribution in [0.4, 0.5) is 4.39 Å². The Balaban J connectivity index is 1.83. The quantitative estimate of drug-likeness (QED) is 0.909. The third-order valence-corrected chi connectivity index (χ3v) is 6.08. The summed E-state index contributed by atoms with van der Waals surface area (Å²) in [5.74, 6) is 2.25. The molecular weight excluding hydrogens is 289 g/mol. The summed E-state index contributed by atoms with van der Waals surface area (Å²) in [6.45, 7) is 0. The predicted molar refractivity (Wildman–Crippen MR) is 86.1 cm³/mol. The van der Waals surface area contributed by atoms with E-state index in [0.29, 0.717) is 6.42 Å². The molecule has 0 bridgehead atoms. The summed E-state index contributed by atoms with van der Waals surface area (Å²) in [4.78, 5) is 2.86. The summed E-state index contributed by atoms with van der Waals surface area (Å²) in [6.07, 6.45) is 1.89.